The molecule has 0 spiro atoms. The van der Waals surface area contributed by atoms with Crippen LogP contribution in [0.15, 0.2) is 71.9 Å². The van der Waals surface area contributed by atoms with Gasteiger partial charge in [0.25, 0.3) is 0 Å². The normalized spacial score (nSPS) is 11.1. The monoisotopic (exact) mass is 510 g/mol. The number of aromatic nitrogens is 2. The van der Waals surface area contributed by atoms with E-state index in [4.69, 9.17) is 17.3 Å². The molecule has 2 heterocycles. The van der Waals surface area contributed by atoms with Gasteiger partial charge in [0.05, 0.1) is 9.92 Å². The number of nitrogens with zero attached hydrogens (tertiary/aromatic N) is 2. The standard InChI is InChI=1S/C25H23ClN4O3S.CH4/c1-34(32,33)20-4-2-3-17(12-20)14-29-25-22(26)13-19(15-30-25)23(31)8-6-16-5-7-21-18(11-16)9-10-28-24(21)27;/h2-5,7,9-13,15H,6,8,14H2,1H3,(H2,27,28)(H,29,30);1H4. The molecule has 0 aliphatic heterocycles. The molecule has 0 amide bonds. The second-order valence-corrected chi connectivity index (χ2v) is 10.4. The van der Waals surface area contributed by atoms with Crippen LogP contribution in [-0.2, 0) is 22.8 Å². The van der Waals surface area contributed by atoms with Crippen molar-refractivity contribution in [3.63, 3.8) is 0 Å². The first kappa shape index (κ1) is 26.1. The van der Waals surface area contributed by atoms with Crippen LogP contribution < -0.4 is 11.1 Å². The van der Waals surface area contributed by atoms with E-state index in [1.54, 1.807) is 30.5 Å². The maximum Gasteiger partial charge on any atom is 0.175 e. The summed E-state index contributed by atoms with van der Waals surface area (Å²) >= 11 is 6.35. The predicted molar refractivity (Wildman–Crippen MR) is 142 cm³/mol. The highest BCUT2D eigenvalue weighted by Gasteiger charge is 2.12. The van der Waals surface area contributed by atoms with Crippen molar-refractivity contribution in [1.29, 1.82) is 0 Å². The highest BCUT2D eigenvalue weighted by Crippen LogP contribution is 2.24. The first-order chi connectivity index (χ1) is 16.2. The molecule has 35 heavy (non-hydrogen) atoms. The van der Waals surface area contributed by atoms with E-state index in [1.165, 1.54) is 12.5 Å². The van der Waals surface area contributed by atoms with E-state index in [0.717, 1.165) is 21.9 Å². The van der Waals surface area contributed by atoms with Crippen LogP contribution in [0.1, 0.15) is 35.3 Å². The van der Waals surface area contributed by atoms with Gasteiger partial charge in [-0.1, -0.05) is 49.4 Å². The van der Waals surface area contributed by atoms with Crippen molar-refractivity contribution in [2.75, 3.05) is 17.3 Å². The zero-order valence-corrected chi connectivity index (χ0v) is 20.0. The van der Waals surface area contributed by atoms with E-state index < -0.39 is 9.84 Å². The molecular weight excluding hydrogens is 484 g/mol. The minimum Gasteiger partial charge on any atom is -0.383 e. The number of ketones is 1. The lowest BCUT2D eigenvalue weighted by Crippen LogP contribution is -2.06. The Bertz CT molecular complexity index is 1490. The van der Waals surface area contributed by atoms with Crippen LogP contribution in [0.5, 0.6) is 0 Å². The van der Waals surface area contributed by atoms with Gasteiger partial charge in [0.2, 0.25) is 0 Å². The molecule has 0 aliphatic carbocycles. The Morgan fingerprint density at radius 1 is 1.06 bits per heavy atom. The number of anilines is 2. The molecule has 2 aromatic carbocycles. The number of sulfone groups is 1. The third kappa shape index (κ3) is 6.35. The summed E-state index contributed by atoms with van der Waals surface area (Å²) in [5.41, 5.74) is 8.13. The number of benzene rings is 2. The van der Waals surface area contributed by atoms with Gasteiger partial charge in [-0.3, -0.25) is 4.79 Å². The first-order valence-electron chi connectivity index (χ1n) is 10.6. The van der Waals surface area contributed by atoms with Gasteiger partial charge in [-0.2, -0.15) is 0 Å². The number of rotatable bonds is 8. The fourth-order valence-electron chi connectivity index (χ4n) is 3.60. The molecule has 0 saturated carbocycles. The SMILES string of the molecule is C.CS(=O)(=O)c1cccc(CNc2ncc(C(=O)CCc3ccc4c(N)nccc4c3)cc2Cl)c1. The van der Waals surface area contributed by atoms with Crippen LogP contribution in [0.3, 0.4) is 0 Å². The van der Waals surface area contributed by atoms with Crippen molar-refractivity contribution in [2.24, 2.45) is 0 Å². The lowest BCUT2D eigenvalue weighted by Gasteiger charge is -2.10. The Labute approximate surface area is 210 Å². The van der Waals surface area contributed by atoms with E-state index in [-0.39, 0.29) is 18.1 Å². The van der Waals surface area contributed by atoms with Crippen LogP contribution in [0.4, 0.5) is 11.6 Å². The third-order valence-electron chi connectivity index (χ3n) is 5.45. The molecule has 0 unspecified atom stereocenters. The summed E-state index contributed by atoms with van der Waals surface area (Å²) in [6.45, 7) is 0.339. The summed E-state index contributed by atoms with van der Waals surface area (Å²) < 4.78 is 23.5. The molecule has 4 aromatic rings. The van der Waals surface area contributed by atoms with Gasteiger partial charge in [0, 0.05) is 42.6 Å². The minimum atomic E-state index is -3.29. The lowest BCUT2D eigenvalue weighted by atomic mass is 10.0. The molecule has 0 saturated heterocycles. The molecular formula is C26H27ClN4O3S. The zero-order valence-electron chi connectivity index (χ0n) is 18.5. The van der Waals surface area contributed by atoms with Gasteiger partial charge >= 0.3 is 0 Å². The number of pyridine rings is 2. The lowest BCUT2D eigenvalue weighted by molar-refractivity contribution is 0.0982. The first-order valence-corrected chi connectivity index (χ1v) is 12.8. The van der Waals surface area contributed by atoms with Crippen molar-refractivity contribution in [2.45, 2.75) is 31.7 Å². The van der Waals surface area contributed by atoms with E-state index in [9.17, 15) is 13.2 Å². The smallest absolute Gasteiger partial charge is 0.175 e. The maximum absolute atomic E-state index is 12.7. The Hall–Kier alpha value is -3.49. The number of nitrogen functional groups attached to an aromatic ring is 1. The average molecular weight is 511 g/mol. The van der Waals surface area contributed by atoms with Gasteiger partial charge in [0.1, 0.15) is 11.6 Å². The van der Waals surface area contributed by atoms with E-state index in [1.807, 2.05) is 30.3 Å². The molecule has 0 fully saturated rings. The summed E-state index contributed by atoms with van der Waals surface area (Å²) in [6.07, 6.45) is 5.22. The fraction of sp³-hybridized carbons (Fsp3) is 0.192. The van der Waals surface area contributed by atoms with Crippen molar-refractivity contribution in [3.05, 3.63) is 88.7 Å². The zero-order chi connectivity index (χ0) is 24.3. The molecule has 0 atom stereocenters. The Balaban J connectivity index is 0.00000342. The number of hydrogen-bond acceptors (Lipinski definition) is 7. The van der Waals surface area contributed by atoms with Crippen molar-refractivity contribution < 1.29 is 13.2 Å². The van der Waals surface area contributed by atoms with E-state index in [2.05, 4.69) is 15.3 Å². The Kier molecular flexibility index (Phi) is 8.09. The Morgan fingerprint density at radius 2 is 1.86 bits per heavy atom. The number of halogens is 1. The van der Waals surface area contributed by atoms with Crippen molar-refractivity contribution in [3.8, 4) is 0 Å². The molecule has 3 N–H and O–H groups in total. The molecule has 182 valence electrons. The second kappa shape index (κ2) is 10.8. The van der Waals surface area contributed by atoms with Gasteiger partial charge in [-0.25, -0.2) is 18.4 Å². The number of carbonyl (C=O) groups excluding carboxylic acids is 1. The molecule has 0 radical (unpaired) electrons. The summed E-state index contributed by atoms with van der Waals surface area (Å²) in [5, 5.41) is 5.28. The van der Waals surface area contributed by atoms with Crippen LogP contribution in [0.25, 0.3) is 10.8 Å². The highest BCUT2D eigenvalue weighted by atomic mass is 35.5. The number of aryl methyl sites for hydroxylation is 1. The number of fused-ring (bicyclic) bond motifs is 1. The van der Waals surface area contributed by atoms with Gasteiger partial charge in [-0.15, -0.1) is 0 Å². The number of nitrogens with two attached hydrogens (primary N) is 1. The van der Waals surface area contributed by atoms with Gasteiger partial charge in [-0.05, 0) is 47.2 Å². The average Bonchev–Trinajstić information content (AvgIpc) is 2.81. The van der Waals surface area contributed by atoms with Crippen LogP contribution in [0, 0.1) is 0 Å². The molecule has 9 heteroatoms. The molecule has 2 aromatic heterocycles. The number of nitrogens with one attached hydrogen (secondary N) is 1. The quantitative estimate of drug-likeness (QED) is 0.308. The minimum absolute atomic E-state index is 0. The topological polar surface area (TPSA) is 115 Å². The molecule has 0 aliphatic rings. The number of Topliss-reactive ketones (excluding diaryl/α,β-unsaturated/α-hetero) is 1. The van der Waals surface area contributed by atoms with Gasteiger partial charge in [0.15, 0.2) is 15.6 Å². The van der Waals surface area contributed by atoms with Crippen LogP contribution in [0.2, 0.25) is 5.02 Å². The molecule has 4 rings (SSSR count). The second-order valence-electron chi connectivity index (χ2n) is 8.00. The molecule has 7 nitrogen and oxygen atoms in total. The number of hydrogen-bond donors (Lipinski definition) is 2. The third-order valence-corrected chi connectivity index (χ3v) is 6.85. The van der Waals surface area contributed by atoms with Crippen LogP contribution >= 0.6 is 11.6 Å². The van der Waals surface area contributed by atoms with Crippen LogP contribution in [-0.4, -0.2) is 30.4 Å². The van der Waals surface area contributed by atoms with Crippen molar-refractivity contribution in [1.82, 2.24) is 9.97 Å². The molecule has 0 bridgehead atoms. The highest BCUT2D eigenvalue weighted by molar-refractivity contribution is 7.90. The largest absolute Gasteiger partial charge is 0.383 e. The van der Waals surface area contributed by atoms with E-state index >= 15 is 0 Å². The van der Waals surface area contributed by atoms with E-state index in [0.29, 0.717) is 41.6 Å². The fourth-order valence-corrected chi connectivity index (χ4v) is 4.53. The predicted octanol–water partition coefficient (Wildman–Crippen LogP) is 5.33. The summed E-state index contributed by atoms with van der Waals surface area (Å²) in [5.74, 6) is 0.845. The summed E-state index contributed by atoms with van der Waals surface area (Å²) in [7, 11) is -3.29. The number of carbonyl (C=O) groups is 1. The summed E-state index contributed by atoms with van der Waals surface area (Å²) in [6, 6.07) is 16.0. The summed E-state index contributed by atoms with van der Waals surface area (Å²) in [4.78, 5) is 21.3. The van der Waals surface area contributed by atoms with Gasteiger partial charge < -0.3 is 11.1 Å². The maximum atomic E-state index is 12.7. The van der Waals surface area contributed by atoms with Crippen molar-refractivity contribution >= 4 is 49.6 Å². The Morgan fingerprint density at radius 3 is 2.60 bits per heavy atom.